The van der Waals surface area contributed by atoms with E-state index in [1.54, 1.807) is 0 Å². The number of nitriles is 1. The second kappa shape index (κ2) is 4.35. The molecule has 1 aliphatic heterocycles. The molecule has 1 heterocycles. The van der Waals surface area contributed by atoms with Crippen molar-refractivity contribution in [1.82, 2.24) is 10.2 Å². The Morgan fingerprint density at radius 1 is 1.31 bits per heavy atom. The first-order valence-corrected chi connectivity index (χ1v) is 6.75. The largest absolute Gasteiger partial charge is 0.300 e. The van der Waals surface area contributed by atoms with Crippen molar-refractivity contribution in [2.24, 2.45) is 5.92 Å². The van der Waals surface area contributed by atoms with Crippen LogP contribution in [0.3, 0.4) is 0 Å². The first-order valence-electron chi connectivity index (χ1n) is 6.75. The van der Waals surface area contributed by atoms with Gasteiger partial charge in [-0.1, -0.05) is 0 Å². The van der Waals surface area contributed by atoms with Crippen molar-refractivity contribution in [3.8, 4) is 6.07 Å². The van der Waals surface area contributed by atoms with Crippen LogP contribution in [0.1, 0.15) is 38.5 Å². The molecule has 0 radical (unpaired) electrons. The number of hydrogen-bond acceptors (Lipinski definition) is 3. The number of rotatable bonds is 5. The normalized spacial score (nSPS) is 35.2. The molecule has 3 atom stereocenters. The Bertz CT molecular complexity index is 292. The van der Waals surface area contributed by atoms with Gasteiger partial charge >= 0.3 is 0 Å². The number of nitrogens with one attached hydrogen (secondary N) is 1. The summed E-state index contributed by atoms with van der Waals surface area (Å²) in [6, 6.07) is 4.00. The lowest BCUT2D eigenvalue weighted by Crippen LogP contribution is -2.37. The Kier molecular flexibility index (Phi) is 2.87. The second-order valence-electron chi connectivity index (χ2n) is 5.74. The summed E-state index contributed by atoms with van der Waals surface area (Å²) in [5.41, 5.74) is 0. The van der Waals surface area contributed by atoms with Gasteiger partial charge in [-0.2, -0.15) is 5.26 Å². The van der Waals surface area contributed by atoms with E-state index in [2.05, 4.69) is 16.3 Å². The van der Waals surface area contributed by atoms with E-state index in [0.717, 1.165) is 24.9 Å². The van der Waals surface area contributed by atoms with Gasteiger partial charge < -0.3 is 4.90 Å². The van der Waals surface area contributed by atoms with E-state index in [9.17, 15) is 0 Å². The maximum Gasteiger partial charge on any atom is 0.0967 e. The van der Waals surface area contributed by atoms with Gasteiger partial charge in [-0.25, -0.2) is 0 Å². The molecule has 3 fully saturated rings. The smallest absolute Gasteiger partial charge is 0.0967 e. The molecule has 1 N–H and O–H groups in total. The molecule has 88 valence electrons. The molecule has 3 rings (SSSR count). The van der Waals surface area contributed by atoms with Gasteiger partial charge in [0.15, 0.2) is 0 Å². The van der Waals surface area contributed by atoms with Crippen molar-refractivity contribution in [2.75, 3.05) is 13.1 Å². The highest BCUT2D eigenvalue weighted by molar-refractivity contribution is 4.98. The Labute approximate surface area is 97.8 Å². The van der Waals surface area contributed by atoms with Crippen molar-refractivity contribution in [3.05, 3.63) is 0 Å². The van der Waals surface area contributed by atoms with Crippen LogP contribution in [0.15, 0.2) is 0 Å². The molecule has 0 spiro atoms. The van der Waals surface area contributed by atoms with Crippen LogP contribution in [-0.2, 0) is 0 Å². The molecule has 3 aliphatic rings. The van der Waals surface area contributed by atoms with E-state index in [1.165, 1.54) is 38.6 Å². The van der Waals surface area contributed by atoms with Crippen molar-refractivity contribution in [2.45, 2.75) is 56.7 Å². The van der Waals surface area contributed by atoms with Gasteiger partial charge in [0.25, 0.3) is 0 Å². The fourth-order valence-corrected chi connectivity index (χ4v) is 3.32. The number of hydrogen-bond donors (Lipinski definition) is 1. The fraction of sp³-hybridized carbons (Fsp3) is 0.923. The third-order valence-corrected chi connectivity index (χ3v) is 4.40. The van der Waals surface area contributed by atoms with Crippen LogP contribution in [0, 0.1) is 17.2 Å². The van der Waals surface area contributed by atoms with Crippen LogP contribution in [0.4, 0.5) is 0 Å². The minimum atomic E-state index is 0.0895. The van der Waals surface area contributed by atoms with Gasteiger partial charge in [-0.3, -0.25) is 5.32 Å². The molecule has 0 aromatic heterocycles. The van der Waals surface area contributed by atoms with E-state index in [-0.39, 0.29) is 6.04 Å². The maximum atomic E-state index is 9.08. The highest BCUT2D eigenvalue weighted by Gasteiger charge is 2.37. The number of nitrogens with zero attached hydrogens (tertiary/aromatic N) is 2. The summed E-state index contributed by atoms with van der Waals surface area (Å²) in [4.78, 5) is 2.62. The standard InChI is InChI=1S/C13H21N3/c14-8-12(15-11-2-3-11)5-6-16-9-10-1-4-13(16)7-10/h10-13,15H,1-7,9H2. The molecule has 2 aliphatic carbocycles. The summed E-state index contributed by atoms with van der Waals surface area (Å²) in [6.45, 7) is 2.42. The summed E-state index contributed by atoms with van der Waals surface area (Å²) >= 11 is 0. The van der Waals surface area contributed by atoms with Gasteiger partial charge in [0.1, 0.15) is 0 Å². The van der Waals surface area contributed by atoms with Crippen LogP contribution in [-0.4, -0.2) is 36.1 Å². The molecule has 0 aromatic carbocycles. The zero-order chi connectivity index (χ0) is 11.0. The van der Waals surface area contributed by atoms with Crippen molar-refractivity contribution in [1.29, 1.82) is 5.26 Å². The van der Waals surface area contributed by atoms with Crippen molar-refractivity contribution < 1.29 is 0 Å². The lowest BCUT2D eigenvalue weighted by molar-refractivity contribution is 0.206. The topological polar surface area (TPSA) is 39.1 Å². The van der Waals surface area contributed by atoms with E-state index in [0.29, 0.717) is 6.04 Å². The molecule has 0 amide bonds. The van der Waals surface area contributed by atoms with Gasteiger partial charge in [0, 0.05) is 25.2 Å². The molecule has 2 saturated carbocycles. The van der Waals surface area contributed by atoms with Crippen LogP contribution in [0.25, 0.3) is 0 Å². The van der Waals surface area contributed by atoms with E-state index < -0.39 is 0 Å². The molecule has 0 aromatic rings. The average molecular weight is 219 g/mol. The molecule has 1 saturated heterocycles. The molecule has 3 heteroatoms. The van der Waals surface area contributed by atoms with Crippen LogP contribution < -0.4 is 5.32 Å². The van der Waals surface area contributed by atoms with E-state index in [1.807, 2.05) is 0 Å². The fourth-order valence-electron chi connectivity index (χ4n) is 3.32. The first kappa shape index (κ1) is 10.6. The SMILES string of the molecule is N#CC(CCN1CC2CCC1C2)NC1CC1. The monoisotopic (exact) mass is 219 g/mol. The second-order valence-corrected chi connectivity index (χ2v) is 5.74. The third kappa shape index (κ3) is 2.23. The highest BCUT2D eigenvalue weighted by atomic mass is 15.2. The predicted molar refractivity (Wildman–Crippen MR) is 62.9 cm³/mol. The van der Waals surface area contributed by atoms with Gasteiger partial charge in [0.05, 0.1) is 12.1 Å². The zero-order valence-corrected chi connectivity index (χ0v) is 9.86. The Balaban J connectivity index is 1.43. The molecule has 3 nitrogen and oxygen atoms in total. The highest BCUT2D eigenvalue weighted by Crippen LogP contribution is 2.37. The zero-order valence-electron chi connectivity index (χ0n) is 9.86. The minimum Gasteiger partial charge on any atom is -0.300 e. The average Bonchev–Trinajstić information content (AvgIpc) is 2.88. The number of piperidine rings is 1. The maximum absolute atomic E-state index is 9.08. The summed E-state index contributed by atoms with van der Waals surface area (Å²) in [7, 11) is 0. The lowest BCUT2D eigenvalue weighted by Gasteiger charge is -2.27. The summed E-state index contributed by atoms with van der Waals surface area (Å²) in [5, 5.41) is 12.5. The lowest BCUT2D eigenvalue weighted by atomic mass is 10.1. The van der Waals surface area contributed by atoms with E-state index >= 15 is 0 Å². The summed E-state index contributed by atoms with van der Waals surface area (Å²) in [5.74, 6) is 0.974. The van der Waals surface area contributed by atoms with Gasteiger partial charge in [-0.15, -0.1) is 0 Å². The molecular weight excluding hydrogens is 198 g/mol. The summed E-state index contributed by atoms with van der Waals surface area (Å²) in [6.07, 6.45) is 7.82. The first-order chi connectivity index (χ1) is 7.85. The van der Waals surface area contributed by atoms with E-state index in [4.69, 9.17) is 5.26 Å². The quantitative estimate of drug-likeness (QED) is 0.761. The Hall–Kier alpha value is -0.590. The number of fused-ring (bicyclic) bond motifs is 2. The molecular formula is C13H21N3. The minimum absolute atomic E-state index is 0.0895. The third-order valence-electron chi connectivity index (χ3n) is 4.40. The van der Waals surface area contributed by atoms with Gasteiger partial charge in [-0.05, 0) is 44.4 Å². The molecule has 16 heavy (non-hydrogen) atoms. The Morgan fingerprint density at radius 2 is 2.19 bits per heavy atom. The molecule has 3 unspecified atom stereocenters. The molecule has 2 bridgehead atoms. The summed E-state index contributed by atoms with van der Waals surface area (Å²) < 4.78 is 0. The van der Waals surface area contributed by atoms with Crippen LogP contribution >= 0.6 is 0 Å². The van der Waals surface area contributed by atoms with Crippen molar-refractivity contribution in [3.63, 3.8) is 0 Å². The predicted octanol–water partition coefficient (Wildman–Crippen LogP) is 1.50. The van der Waals surface area contributed by atoms with Gasteiger partial charge in [0.2, 0.25) is 0 Å². The van der Waals surface area contributed by atoms with Crippen molar-refractivity contribution >= 4 is 0 Å². The van der Waals surface area contributed by atoms with Crippen LogP contribution in [0.2, 0.25) is 0 Å². The number of likely N-dealkylation sites (tertiary alicyclic amines) is 1. The van der Waals surface area contributed by atoms with Crippen LogP contribution in [0.5, 0.6) is 0 Å². The Morgan fingerprint density at radius 3 is 2.75 bits per heavy atom.